The minimum absolute atomic E-state index is 0.0496. The fourth-order valence-corrected chi connectivity index (χ4v) is 1.67. The number of alkyl halides is 3. The van der Waals surface area contributed by atoms with Crippen molar-refractivity contribution in [2.24, 2.45) is 5.92 Å². The Balaban J connectivity index is 2.67. The quantitative estimate of drug-likeness (QED) is 0.724. The van der Waals surface area contributed by atoms with Crippen molar-refractivity contribution in [1.29, 1.82) is 0 Å². The molecule has 0 saturated heterocycles. The van der Waals surface area contributed by atoms with Crippen LogP contribution >= 0.6 is 0 Å². The van der Waals surface area contributed by atoms with Crippen LogP contribution in [0.3, 0.4) is 0 Å². The summed E-state index contributed by atoms with van der Waals surface area (Å²) in [5, 5.41) is 14.6. The number of nitrogens with one attached hydrogen (secondary N) is 2. The molecule has 0 fully saturated rings. The molecule has 130 valence electrons. The average Bonchev–Trinajstić information content (AvgIpc) is 2.42. The molecule has 1 rings (SSSR count). The van der Waals surface area contributed by atoms with E-state index >= 15 is 0 Å². The van der Waals surface area contributed by atoms with Crippen LogP contribution in [0, 0.1) is 11.7 Å². The maximum absolute atomic E-state index is 13.0. The number of halogens is 4. The van der Waals surface area contributed by atoms with Crippen molar-refractivity contribution < 1.29 is 27.5 Å². The lowest BCUT2D eigenvalue weighted by atomic mass is 9.93. The first-order valence-electron chi connectivity index (χ1n) is 7.03. The smallest absolute Gasteiger partial charge is 0.388 e. The summed E-state index contributed by atoms with van der Waals surface area (Å²) in [5.41, 5.74) is -2.51. The zero-order valence-electron chi connectivity index (χ0n) is 13.1. The van der Waals surface area contributed by atoms with E-state index < -0.39 is 35.7 Å². The molecule has 0 aliphatic rings. The molecule has 1 unspecified atom stereocenters. The Hall–Kier alpha value is -1.83. The summed E-state index contributed by atoms with van der Waals surface area (Å²) in [7, 11) is 0. The normalized spacial score (nSPS) is 14.5. The van der Waals surface area contributed by atoms with Gasteiger partial charge in [-0.15, -0.1) is 0 Å². The lowest BCUT2D eigenvalue weighted by Gasteiger charge is -2.27. The van der Waals surface area contributed by atoms with Crippen LogP contribution < -0.4 is 10.6 Å². The number of rotatable bonds is 5. The maximum atomic E-state index is 13.0. The maximum Gasteiger partial charge on any atom is 0.416 e. The van der Waals surface area contributed by atoms with E-state index in [2.05, 4.69) is 10.6 Å². The van der Waals surface area contributed by atoms with Gasteiger partial charge in [-0.05, 0) is 30.5 Å². The summed E-state index contributed by atoms with van der Waals surface area (Å²) in [6.45, 7) is 4.62. The monoisotopic (exact) mass is 336 g/mol. The van der Waals surface area contributed by atoms with Crippen LogP contribution in [-0.4, -0.2) is 23.3 Å². The standard InChI is InChI=1S/C15H20F4N2O2/c1-9(2)14(3,23)8-21-13(22)20-7-10-4-5-11(16)6-12(10)15(17,18)19/h4-6,9,23H,7-8H2,1-3H3,(H2,20,21,22). The van der Waals surface area contributed by atoms with Crippen LogP contribution in [0.2, 0.25) is 0 Å². The van der Waals surface area contributed by atoms with Crippen molar-refractivity contribution in [2.75, 3.05) is 6.54 Å². The molecule has 2 amide bonds. The first kappa shape index (κ1) is 19.2. The van der Waals surface area contributed by atoms with E-state index in [4.69, 9.17) is 0 Å². The van der Waals surface area contributed by atoms with Gasteiger partial charge >= 0.3 is 12.2 Å². The van der Waals surface area contributed by atoms with Gasteiger partial charge in [0.2, 0.25) is 0 Å². The molecule has 0 aliphatic carbocycles. The Morgan fingerprint density at radius 3 is 2.39 bits per heavy atom. The van der Waals surface area contributed by atoms with E-state index in [0.29, 0.717) is 6.07 Å². The van der Waals surface area contributed by atoms with Crippen molar-refractivity contribution >= 4 is 6.03 Å². The van der Waals surface area contributed by atoms with E-state index in [0.717, 1.165) is 12.1 Å². The van der Waals surface area contributed by atoms with Crippen molar-refractivity contribution in [3.63, 3.8) is 0 Å². The largest absolute Gasteiger partial charge is 0.416 e. The second kappa shape index (κ2) is 7.16. The fourth-order valence-electron chi connectivity index (χ4n) is 1.67. The third-order valence-corrected chi connectivity index (χ3v) is 3.67. The van der Waals surface area contributed by atoms with Crippen molar-refractivity contribution in [3.05, 3.63) is 35.1 Å². The summed E-state index contributed by atoms with van der Waals surface area (Å²) >= 11 is 0. The highest BCUT2D eigenvalue weighted by atomic mass is 19.4. The summed E-state index contributed by atoms with van der Waals surface area (Å²) in [4.78, 5) is 11.6. The van der Waals surface area contributed by atoms with Crippen LogP contribution in [0.15, 0.2) is 18.2 Å². The number of urea groups is 1. The number of hydrogen-bond donors (Lipinski definition) is 3. The Morgan fingerprint density at radius 2 is 1.87 bits per heavy atom. The van der Waals surface area contributed by atoms with Crippen LogP contribution in [-0.2, 0) is 12.7 Å². The highest BCUT2D eigenvalue weighted by Gasteiger charge is 2.33. The number of carbonyl (C=O) groups excluding carboxylic acids is 1. The van der Waals surface area contributed by atoms with Gasteiger partial charge in [0.05, 0.1) is 11.2 Å². The number of amides is 2. The number of carbonyl (C=O) groups is 1. The van der Waals surface area contributed by atoms with Gasteiger partial charge in [0.25, 0.3) is 0 Å². The lowest BCUT2D eigenvalue weighted by molar-refractivity contribution is -0.138. The van der Waals surface area contributed by atoms with E-state index in [1.165, 1.54) is 0 Å². The molecule has 3 N–H and O–H groups in total. The molecule has 23 heavy (non-hydrogen) atoms. The predicted molar refractivity (Wildman–Crippen MR) is 77.1 cm³/mol. The van der Waals surface area contributed by atoms with Crippen LogP contribution in [0.1, 0.15) is 31.9 Å². The van der Waals surface area contributed by atoms with Gasteiger partial charge < -0.3 is 15.7 Å². The molecule has 1 aromatic carbocycles. The predicted octanol–water partition coefficient (Wildman–Crippen LogP) is 3.05. The minimum atomic E-state index is -4.71. The number of hydrogen-bond acceptors (Lipinski definition) is 2. The zero-order chi connectivity index (χ0) is 17.8. The minimum Gasteiger partial charge on any atom is -0.388 e. The molecule has 0 aliphatic heterocycles. The molecule has 0 radical (unpaired) electrons. The number of aliphatic hydroxyl groups is 1. The SMILES string of the molecule is CC(C)C(C)(O)CNC(=O)NCc1ccc(F)cc1C(F)(F)F. The van der Waals surface area contributed by atoms with Gasteiger partial charge in [-0.2, -0.15) is 13.2 Å². The molecular weight excluding hydrogens is 316 g/mol. The first-order chi connectivity index (χ1) is 10.4. The Kier molecular flexibility index (Phi) is 5.98. The second-order valence-corrected chi connectivity index (χ2v) is 5.85. The molecule has 1 atom stereocenters. The molecular formula is C15H20F4N2O2. The number of benzene rings is 1. The highest BCUT2D eigenvalue weighted by Crippen LogP contribution is 2.32. The third-order valence-electron chi connectivity index (χ3n) is 3.67. The molecule has 0 bridgehead atoms. The molecule has 0 spiro atoms. The lowest BCUT2D eigenvalue weighted by Crippen LogP contribution is -2.47. The zero-order valence-corrected chi connectivity index (χ0v) is 13.1. The van der Waals surface area contributed by atoms with E-state index in [1.807, 2.05) is 0 Å². The molecule has 0 aromatic heterocycles. The summed E-state index contributed by atoms with van der Waals surface area (Å²) in [5.74, 6) is -1.12. The second-order valence-electron chi connectivity index (χ2n) is 5.85. The van der Waals surface area contributed by atoms with Crippen LogP contribution in [0.25, 0.3) is 0 Å². The first-order valence-corrected chi connectivity index (χ1v) is 7.03. The Labute approximate surface area is 131 Å². The molecule has 8 heteroatoms. The van der Waals surface area contributed by atoms with Crippen molar-refractivity contribution in [2.45, 2.75) is 39.1 Å². The Bertz CT molecular complexity index is 557. The summed E-state index contributed by atoms with van der Waals surface area (Å²) < 4.78 is 51.4. The van der Waals surface area contributed by atoms with Crippen LogP contribution in [0.5, 0.6) is 0 Å². The van der Waals surface area contributed by atoms with Gasteiger partial charge in [-0.3, -0.25) is 0 Å². The summed E-state index contributed by atoms with van der Waals surface area (Å²) in [6.07, 6.45) is -4.71. The molecule has 1 aromatic rings. The van der Waals surface area contributed by atoms with Gasteiger partial charge in [-0.1, -0.05) is 19.9 Å². The van der Waals surface area contributed by atoms with Gasteiger partial charge in [0.1, 0.15) is 5.82 Å². The van der Waals surface area contributed by atoms with E-state index in [1.54, 1.807) is 20.8 Å². The van der Waals surface area contributed by atoms with E-state index in [-0.39, 0.29) is 18.0 Å². The van der Waals surface area contributed by atoms with E-state index in [9.17, 15) is 27.5 Å². The van der Waals surface area contributed by atoms with Gasteiger partial charge in [0.15, 0.2) is 0 Å². The van der Waals surface area contributed by atoms with Crippen molar-refractivity contribution in [3.8, 4) is 0 Å². The highest BCUT2D eigenvalue weighted by molar-refractivity contribution is 5.73. The van der Waals surface area contributed by atoms with Gasteiger partial charge in [-0.25, -0.2) is 9.18 Å². The Morgan fingerprint density at radius 1 is 1.26 bits per heavy atom. The van der Waals surface area contributed by atoms with Crippen molar-refractivity contribution in [1.82, 2.24) is 10.6 Å². The molecule has 0 saturated carbocycles. The third kappa shape index (κ3) is 5.70. The summed E-state index contributed by atoms with van der Waals surface area (Å²) in [6, 6.07) is 1.54. The topological polar surface area (TPSA) is 61.4 Å². The average molecular weight is 336 g/mol. The van der Waals surface area contributed by atoms with Gasteiger partial charge in [0, 0.05) is 13.1 Å². The fraction of sp³-hybridized carbons (Fsp3) is 0.533. The molecule has 0 heterocycles. The molecule has 4 nitrogen and oxygen atoms in total. The van der Waals surface area contributed by atoms with Crippen LogP contribution in [0.4, 0.5) is 22.4 Å².